The molecule has 3 rings (SSSR count). The van der Waals surface area contributed by atoms with Gasteiger partial charge in [0.1, 0.15) is 5.75 Å². The monoisotopic (exact) mass is 351 g/mol. The third-order valence-corrected chi connectivity index (χ3v) is 4.22. The van der Waals surface area contributed by atoms with Crippen LogP contribution in [0.2, 0.25) is 0 Å². The number of fused-ring (bicyclic) bond motifs is 1. The Morgan fingerprint density at radius 2 is 1.88 bits per heavy atom. The molecule has 0 spiro atoms. The Labute approximate surface area is 153 Å². The molecule has 0 unspecified atom stereocenters. The lowest BCUT2D eigenvalue weighted by Gasteiger charge is -2.08. The predicted molar refractivity (Wildman–Crippen MR) is 106 cm³/mol. The summed E-state index contributed by atoms with van der Waals surface area (Å²) in [7, 11) is 0. The van der Waals surface area contributed by atoms with Crippen LogP contribution in [-0.2, 0) is 11.2 Å². The molecule has 0 fully saturated rings. The maximum Gasteiger partial charge on any atom is 0.225 e. The minimum Gasteiger partial charge on any atom is -0.494 e. The lowest BCUT2D eigenvalue weighted by molar-refractivity contribution is -0.116. The predicted octanol–water partition coefficient (Wildman–Crippen LogP) is 3.73. The van der Waals surface area contributed by atoms with Crippen molar-refractivity contribution in [3.05, 3.63) is 60.3 Å². The highest BCUT2D eigenvalue weighted by Gasteiger charge is 2.04. The standard InChI is InChI=1S/C21H25N3O2/c1-2-26-18-9-7-17(8-10-18)24-21(25)12-14-22-13-11-16-15-23-20-6-4-3-5-19(16)20/h3-10,15,22-23H,2,11-14H2,1H3,(H,24,25). The van der Waals surface area contributed by atoms with Gasteiger partial charge in [-0.05, 0) is 55.8 Å². The van der Waals surface area contributed by atoms with Gasteiger partial charge in [-0.2, -0.15) is 0 Å². The van der Waals surface area contributed by atoms with Crippen LogP contribution in [0.4, 0.5) is 5.69 Å². The normalized spacial score (nSPS) is 10.8. The van der Waals surface area contributed by atoms with Crippen molar-refractivity contribution in [2.24, 2.45) is 0 Å². The summed E-state index contributed by atoms with van der Waals surface area (Å²) in [5.74, 6) is 0.818. The summed E-state index contributed by atoms with van der Waals surface area (Å²) >= 11 is 0. The zero-order valence-corrected chi connectivity index (χ0v) is 15.0. The van der Waals surface area contributed by atoms with Crippen LogP contribution in [-0.4, -0.2) is 30.6 Å². The number of carbonyl (C=O) groups is 1. The number of carbonyl (C=O) groups excluding carboxylic acids is 1. The average molecular weight is 351 g/mol. The third-order valence-electron chi connectivity index (χ3n) is 4.22. The van der Waals surface area contributed by atoms with E-state index in [4.69, 9.17) is 4.74 Å². The van der Waals surface area contributed by atoms with Crippen molar-refractivity contribution in [1.29, 1.82) is 0 Å². The van der Waals surface area contributed by atoms with E-state index in [1.54, 1.807) is 0 Å². The number of para-hydroxylation sites is 1. The zero-order valence-electron chi connectivity index (χ0n) is 15.0. The molecule has 0 saturated heterocycles. The summed E-state index contributed by atoms with van der Waals surface area (Å²) < 4.78 is 5.39. The Bertz CT molecular complexity index is 840. The first-order valence-electron chi connectivity index (χ1n) is 9.04. The fourth-order valence-corrected chi connectivity index (χ4v) is 2.91. The van der Waals surface area contributed by atoms with Gasteiger partial charge in [0.2, 0.25) is 5.91 Å². The maximum atomic E-state index is 12.0. The number of anilines is 1. The highest BCUT2D eigenvalue weighted by molar-refractivity contribution is 5.90. The Hall–Kier alpha value is -2.79. The molecule has 0 aliphatic carbocycles. The van der Waals surface area contributed by atoms with Crippen molar-refractivity contribution in [3.8, 4) is 5.75 Å². The van der Waals surface area contributed by atoms with E-state index in [0.717, 1.165) is 29.9 Å². The molecule has 136 valence electrons. The Morgan fingerprint density at radius 1 is 1.08 bits per heavy atom. The summed E-state index contributed by atoms with van der Waals surface area (Å²) in [6, 6.07) is 15.7. The second-order valence-corrected chi connectivity index (χ2v) is 6.12. The molecule has 5 nitrogen and oxygen atoms in total. The van der Waals surface area contributed by atoms with Crippen molar-refractivity contribution in [2.75, 3.05) is 25.0 Å². The highest BCUT2D eigenvalue weighted by atomic mass is 16.5. The van der Waals surface area contributed by atoms with Crippen LogP contribution < -0.4 is 15.4 Å². The molecule has 2 aromatic carbocycles. The first-order chi connectivity index (χ1) is 12.8. The lowest BCUT2D eigenvalue weighted by atomic mass is 10.1. The van der Waals surface area contributed by atoms with E-state index in [2.05, 4.69) is 40.0 Å². The molecule has 26 heavy (non-hydrogen) atoms. The molecule has 3 N–H and O–H groups in total. The second kappa shape index (κ2) is 9.06. The van der Waals surface area contributed by atoms with E-state index in [1.165, 1.54) is 10.9 Å². The van der Waals surface area contributed by atoms with Gasteiger partial charge < -0.3 is 20.4 Å². The summed E-state index contributed by atoms with van der Waals surface area (Å²) in [6.45, 7) is 4.08. The van der Waals surface area contributed by atoms with Crippen LogP contribution in [0.25, 0.3) is 10.9 Å². The molecule has 1 aromatic heterocycles. The largest absolute Gasteiger partial charge is 0.494 e. The van der Waals surface area contributed by atoms with Crippen LogP contribution in [0.3, 0.4) is 0 Å². The third kappa shape index (κ3) is 4.86. The number of hydrogen-bond donors (Lipinski definition) is 3. The van der Waals surface area contributed by atoms with Gasteiger partial charge >= 0.3 is 0 Å². The average Bonchev–Trinajstić information content (AvgIpc) is 3.07. The van der Waals surface area contributed by atoms with Crippen molar-refractivity contribution < 1.29 is 9.53 Å². The molecule has 5 heteroatoms. The molecular weight excluding hydrogens is 326 g/mol. The lowest BCUT2D eigenvalue weighted by Crippen LogP contribution is -2.23. The summed E-state index contributed by atoms with van der Waals surface area (Å²) in [5.41, 5.74) is 3.25. The Balaban J connectivity index is 1.36. The fourth-order valence-electron chi connectivity index (χ4n) is 2.91. The molecule has 1 heterocycles. The smallest absolute Gasteiger partial charge is 0.225 e. The van der Waals surface area contributed by atoms with Crippen LogP contribution >= 0.6 is 0 Å². The number of ether oxygens (including phenoxy) is 1. The molecule has 0 atom stereocenters. The van der Waals surface area contributed by atoms with Crippen molar-refractivity contribution in [3.63, 3.8) is 0 Å². The van der Waals surface area contributed by atoms with Crippen LogP contribution in [0.1, 0.15) is 18.9 Å². The van der Waals surface area contributed by atoms with Gasteiger partial charge in [0, 0.05) is 35.8 Å². The van der Waals surface area contributed by atoms with Gasteiger partial charge in [0.25, 0.3) is 0 Å². The van der Waals surface area contributed by atoms with Gasteiger partial charge in [-0.25, -0.2) is 0 Å². The van der Waals surface area contributed by atoms with E-state index in [1.807, 2.05) is 37.3 Å². The van der Waals surface area contributed by atoms with Crippen LogP contribution in [0, 0.1) is 0 Å². The molecule has 0 radical (unpaired) electrons. The molecule has 0 aliphatic rings. The number of amides is 1. The molecule has 0 saturated carbocycles. The first kappa shape index (κ1) is 18.0. The first-order valence-corrected chi connectivity index (χ1v) is 9.04. The highest BCUT2D eigenvalue weighted by Crippen LogP contribution is 2.18. The minimum atomic E-state index is 0.00811. The van der Waals surface area contributed by atoms with Crippen LogP contribution in [0.5, 0.6) is 5.75 Å². The summed E-state index contributed by atoms with van der Waals surface area (Å²) in [6.07, 6.45) is 3.44. The van der Waals surface area contributed by atoms with E-state index in [0.29, 0.717) is 19.6 Å². The number of hydrogen-bond acceptors (Lipinski definition) is 3. The van der Waals surface area contributed by atoms with E-state index < -0.39 is 0 Å². The van der Waals surface area contributed by atoms with E-state index in [-0.39, 0.29) is 5.91 Å². The Kier molecular flexibility index (Phi) is 6.28. The van der Waals surface area contributed by atoms with Gasteiger partial charge in [-0.1, -0.05) is 18.2 Å². The summed E-state index contributed by atoms with van der Waals surface area (Å²) in [5, 5.41) is 7.50. The SMILES string of the molecule is CCOc1ccc(NC(=O)CCNCCc2c[nH]c3ccccc23)cc1. The number of aromatic amines is 1. The van der Waals surface area contributed by atoms with Gasteiger partial charge in [0.05, 0.1) is 6.61 Å². The van der Waals surface area contributed by atoms with Crippen molar-refractivity contribution >= 4 is 22.5 Å². The zero-order chi connectivity index (χ0) is 18.2. The van der Waals surface area contributed by atoms with E-state index >= 15 is 0 Å². The number of benzene rings is 2. The quantitative estimate of drug-likeness (QED) is 0.515. The van der Waals surface area contributed by atoms with Crippen LogP contribution in [0.15, 0.2) is 54.7 Å². The minimum absolute atomic E-state index is 0.00811. The molecule has 1 amide bonds. The van der Waals surface area contributed by atoms with Gasteiger partial charge in [-0.15, -0.1) is 0 Å². The van der Waals surface area contributed by atoms with E-state index in [9.17, 15) is 4.79 Å². The number of rotatable bonds is 9. The number of aromatic nitrogens is 1. The second-order valence-electron chi connectivity index (χ2n) is 6.12. The number of H-pyrrole nitrogens is 1. The van der Waals surface area contributed by atoms with Crippen molar-refractivity contribution in [1.82, 2.24) is 10.3 Å². The fraction of sp³-hybridized carbons (Fsp3) is 0.286. The molecule has 0 bridgehead atoms. The molecule has 0 aliphatic heterocycles. The van der Waals surface area contributed by atoms with Crippen molar-refractivity contribution in [2.45, 2.75) is 19.8 Å². The maximum absolute atomic E-state index is 12.0. The summed E-state index contributed by atoms with van der Waals surface area (Å²) in [4.78, 5) is 15.3. The Morgan fingerprint density at radius 3 is 2.69 bits per heavy atom. The van der Waals surface area contributed by atoms with Gasteiger partial charge in [0.15, 0.2) is 0 Å². The topological polar surface area (TPSA) is 66.2 Å². The number of nitrogens with one attached hydrogen (secondary N) is 3. The molecular formula is C21H25N3O2. The van der Waals surface area contributed by atoms with Gasteiger partial charge in [-0.3, -0.25) is 4.79 Å². The molecule has 3 aromatic rings.